The molecule has 24 heavy (non-hydrogen) atoms. The van der Waals surface area contributed by atoms with E-state index >= 15 is 0 Å². The Morgan fingerprint density at radius 2 is 1.33 bits per heavy atom. The second-order valence-corrected chi connectivity index (χ2v) is 8.95. The van der Waals surface area contributed by atoms with Crippen molar-refractivity contribution in [1.82, 2.24) is 20.6 Å². The van der Waals surface area contributed by atoms with Crippen LogP contribution in [0.3, 0.4) is 0 Å². The van der Waals surface area contributed by atoms with Crippen molar-refractivity contribution in [2.45, 2.75) is 22.5 Å². The lowest BCUT2D eigenvalue weighted by molar-refractivity contribution is -0.120. The summed E-state index contributed by atoms with van der Waals surface area (Å²) in [7, 11) is 0. The van der Waals surface area contributed by atoms with Crippen LogP contribution in [0.2, 0.25) is 0 Å². The summed E-state index contributed by atoms with van der Waals surface area (Å²) in [5, 5.41) is 9.47. The maximum Gasteiger partial charge on any atom is 0.230 e. The Hall–Kier alpha value is -1.10. The van der Waals surface area contributed by atoms with Crippen molar-refractivity contribution >= 4 is 58.0 Å². The first-order chi connectivity index (χ1) is 11.5. The molecule has 10 heteroatoms. The molecule has 6 nitrogen and oxygen atoms in total. The number of carbonyl (C=O) groups excluding carboxylic acids is 2. The number of aryl methyl sites for hydroxylation is 2. The topological polar surface area (TPSA) is 84.0 Å². The minimum Gasteiger partial charge on any atom is -0.354 e. The Bertz CT molecular complexity index is 628. The van der Waals surface area contributed by atoms with Crippen molar-refractivity contribution in [2.24, 2.45) is 0 Å². The fourth-order valence-corrected chi connectivity index (χ4v) is 4.92. The second kappa shape index (κ2) is 10.0. The van der Waals surface area contributed by atoms with Gasteiger partial charge < -0.3 is 10.6 Å². The fraction of sp³-hybridized carbons (Fsp3) is 0.429. The Kier molecular flexibility index (Phi) is 8.03. The summed E-state index contributed by atoms with van der Waals surface area (Å²) in [5.41, 5.74) is 1.94. The Morgan fingerprint density at radius 1 is 0.917 bits per heavy atom. The number of thiazole rings is 2. The number of rotatable bonds is 9. The standard InChI is InChI=1S/C14H18N4O2S4/c1-9-5-21-13(17-9)23-7-11(19)15-3-4-16-12(20)8-24-14-18-10(2)6-22-14/h5-6H,3-4,7-8H2,1-2H3,(H,15,19)(H,16,20). The van der Waals surface area contributed by atoms with Crippen molar-refractivity contribution < 1.29 is 9.59 Å². The van der Waals surface area contributed by atoms with Crippen LogP contribution < -0.4 is 10.6 Å². The van der Waals surface area contributed by atoms with Crippen molar-refractivity contribution in [3.05, 3.63) is 22.1 Å². The minimum atomic E-state index is -0.0604. The highest BCUT2D eigenvalue weighted by Gasteiger charge is 2.07. The summed E-state index contributed by atoms with van der Waals surface area (Å²) in [6.45, 7) is 4.70. The molecule has 0 atom stereocenters. The van der Waals surface area contributed by atoms with Gasteiger partial charge in [-0.15, -0.1) is 22.7 Å². The fourth-order valence-electron chi connectivity index (χ4n) is 1.56. The highest BCUT2D eigenvalue weighted by Crippen LogP contribution is 2.22. The largest absolute Gasteiger partial charge is 0.354 e. The van der Waals surface area contributed by atoms with E-state index in [4.69, 9.17) is 0 Å². The van der Waals surface area contributed by atoms with E-state index in [0.717, 1.165) is 20.1 Å². The summed E-state index contributed by atoms with van der Waals surface area (Å²) in [6, 6.07) is 0. The zero-order chi connectivity index (χ0) is 17.4. The smallest absolute Gasteiger partial charge is 0.230 e. The van der Waals surface area contributed by atoms with Gasteiger partial charge in [-0.05, 0) is 13.8 Å². The van der Waals surface area contributed by atoms with E-state index in [2.05, 4.69) is 20.6 Å². The van der Waals surface area contributed by atoms with Gasteiger partial charge in [0.25, 0.3) is 0 Å². The normalized spacial score (nSPS) is 10.6. The summed E-state index contributed by atoms with van der Waals surface area (Å²) in [5.74, 6) is 0.546. The van der Waals surface area contributed by atoms with Gasteiger partial charge >= 0.3 is 0 Å². The van der Waals surface area contributed by atoms with Crippen molar-refractivity contribution in [2.75, 3.05) is 24.6 Å². The van der Waals surface area contributed by atoms with Crippen LogP contribution in [-0.2, 0) is 9.59 Å². The van der Waals surface area contributed by atoms with Gasteiger partial charge in [0, 0.05) is 35.2 Å². The predicted molar refractivity (Wildman–Crippen MR) is 101 cm³/mol. The van der Waals surface area contributed by atoms with Gasteiger partial charge in [-0.3, -0.25) is 9.59 Å². The van der Waals surface area contributed by atoms with Crippen molar-refractivity contribution in [3.63, 3.8) is 0 Å². The van der Waals surface area contributed by atoms with Crippen LogP contribution in [0.25, 0.3) is 0 Å². The van der Waals surface area contributed by atoms with Crippen molar-refractivity contribution in [1.29, 1.82) is 0 Å². The number of aromatic nitrogens is 2. The molecule has 2 aromatic heterocycles. The van der Waals surface area contributed by atoms with Gasteiger partial charge in [-0.1, -0.05) is 23.5 Å². The lowest BCUT2D eigenvalue weighted by Crippen LogP contribution is -2.36. The molecule has 0 aliphatic heterocycles. The molecule has 0 bridgehead atoms. The Balaban J connectivity index is 1.52. The van der Waals surface area contributed by atoms with Crippen LogP contribution in [0, 0.1) is 13.8 Å². The molecule has 0 aromatic carbocycles. The van der Waals surface area contributed by atoms with E-state index in [1.54, 1.807) is 0 Å². The number of hydrogen-bond donors (Lipinski definition) is 2. The first-order valence-corrected chi connectivity index (χ1v) is 10.9. The third kappa shape index (κ3) is 7.20. The van der Waals surface area contributed by atoms with Crippen LogP contribution in [0.15, 0.2) is 19.4 Å². The highest BCUT2D eigenvalue weighted by molar-refractivity contribution is 8.01. The van der Waals surface area contributed by atoms with Gasteiger partial charge in [-0.2, -0.15) is 0 Å². The van der Waals surface area contributed by atoms with Crippen LogP contribution >= 0.6 is 46.2 Å². The first-order valence-electron chi connectivity index (χ1n) is 7.16. The molecular formula is C14H18N4O2S4. The molecule has 0 saturated heterocycles. The Labute approximate surface area is 157 Å². The molecule has 130 valence electrons. The maximum absolute atomic E-state index is 11.7. The first kappa shape index (κ1) is 19.2. The SMILES string of the molecule is Cc1csc(SCC(=O)NCCNC(=O)CSc2nc(C)cs2)n1. The molecule has 0 spiro atoms. The molecular weight excluding hydrogens is 384 g/mol. The minimum absolute atomic E-state index is 0.0604. The molecule has 2 heterocycles. The molecule has 0 saturated carbocycles. The monoisotopic (exact) mass is 402 g/mol. The zero-order valence-electron chi connectivity index (χ0n) is 13.3. The van der Waals surface area contributed by atoms with E-state index in [-0.39, 0.29) is 11.8 Å². The van der Waals surface area contributed by atoms with E-state index in [9.17, 15) is 9.59 Å². The van der Waals surface area contributed by atoms with Gasteiger partial charge in [0.1, 0.15) is 0 Å². The van der Waals surface area contributed by atoms with E-state index < -0.39 is 0 Å². The second-order valence-electron chi connectivity index (χ2n) is 4.79. The van der Waals surface area contributed by atoms with Gasteiger partial charge in [0.05, 0.1) is 11.5 Å². The quantitative estimate of drug-likeness (QED) is 0.495. The summed E-state index contributed by atoms with van der Waals surface area (Å²) < 4.78 is 1.79. The average Bonchev–Trinajstić information content (AvgIpc) is 3.16. The van der Waals surface area contributed by atoms with E-state index in [1.807, 2.05) is 24.6 Å². The lowest BCUT2D eigenvalue weighted by Gasteiger charge is -2.06. The van der Waals surface area contributed by atoms with Gasteiger partial charge in [-0.25, -0.2) is 9.97 Å². The third-order valence-corrected chi connectivity index (χ3v) is 6.90. The van der Waals surface area contributed by atoms with E-state index in [1.165, 1.54) is 46.2 Å². The highest BCUT2D eigenvalue weighted by atomic mass is 32.2. The molecule has 2 rings (SSSR count). The molecule has 2 aromatic rings. The average molecular weight is 403 g/mol. The van der Waals surface area contributed by atoms with Crippen LogP contribution in [0.4, 0.5) is 0 Å². The number of nitrogens with zero attached hydrogens (tertiary/aromatic N) is 2. The number of thioether (sulfide) groups is 2. The predicted octanol–water partition coefficient (Wildman–Crippen LogP) is 2.33. The number of carbonyl (C=O) groups is 2. The number of amides is 2. The molecule has 0 radical (unpaired) electrons. The molecule has 2 N–H and O–H groups in total. The molecule has 2 amide bonds. The zero-order valence-corrected chi connectivity index (χ0v) is 16.6. The summed E-state index contributed by atoms with van der Waals surface area (Å²) >= 11 is 5.91. The summed E-state index contributed by atoms with van der Waals surface area (Å²) in [4.78, 5) is 32.0. The maximum atomic E-state index is 11.7. The molecule has 0 fully saturated rings. The van der Waals surface area contributed by atoms with Gasteiger partial charge in [0.15, 0.2) is 8.68 Å². The summed E-state index contributed by atoms with van der Waals surface area (Å²) in [6.07, 6.45) is 0. The van der Waals surface area contributed by atoms with E-state index in [0.29, 0.717) is 24.6 Å². The third-order valence-electron chi connectivity index (χ3n) is 2.62. The van der Waals surface area contributed by atoms with Crippen molar-refractivity contribution in [3.8, 4) is 0 Å². The van der Waals surface area contributed by atoms with Crippen LogP contribution in [0.1, 0.15) is 11.4 Å². The molecule has 0 aliphatic carbocycles. The Morgan fingerprint density at radius 3 is 1.67 bits per heavy atom. The molecule has 0 aliphatic rings. The van der Waals surface area contributed by atoms with Crippen LogP contribution in [0.5, 0.6) is 0 Å². The lowest BCUT2D eigenvalue weighted by atomic mass is 10.5. The van der Waals surface area contributed by atoms with Crippen LogP contribution in [-0.4, -0.2) is 46.4 Å². The number of nitrogens with one attached hydrogen (secondary N) is 2. The van der Waals surface area contributed by atoms with Gasteiger partial charge in [0.2, 0.25) is 11.8 Å². The number of hydrogen-bond acceptors (Lipinski definition) is 8. The molecule has 0 unspecified atom stereocenters.